The summed E-state index contributed by atoms with van der Waals surface area (Å²) in [5.41, 5.74) is 2.04. The highest BCUT2D eigenvalue weighted by molar-refractivity contribution is 5.68. The van der Waals surface area contributed by atoms with Gasteiger partial charge in [0.15, 0.2) is 0 Å². The Labute approximate surface area is 155 Å². The molecule has 3 rings (SSSR count). The van der Waals surface area contributed by atoms with Crippen molar-refractivity contribution in [1.29, 1.82) is 0 Å². The van der Waals surface area contributed by atoms with Crippen molar-refractivity contribution in [3.63, 3.8) is 0 Å². The maximum Gasteiger partial charge on any atom is 0.229 e. The Kier molecular flexibility index (Phi) is 5.78. The summed E-state index contributed by atoms with van der Waals surface area (Å²) in [6.07, 6.45) is 4.08. The smallest absolute Gasteiger partial charge is 0.229 e. The number of ether oxygens (including phenoxy) is 1. The number of nitrogens with one attached hydrogen (secondary N) is 2. The molecule has 0 spiro atoms. The number of hydrogen-bond acceptors (Lipinski definition) is 7. The van der Waals surface area contributed by atoms with Crippen LogP contribution in [0.25, 0.3) is 0 Å². The zero-order valence-electron chi connectivity index (χ0n) is 16.0. The van der Waals surface area contributed by atoms with E-state index in [2.05, 4.69) is 56.6 Å². The molecule has 7 nitrogen and oxygen atoms in total. The van der Waals surface area contributed by atoms with E-state index in [0.717, 1.165) is 30.3 Å². The average molecular weight is 356 g/mol. The molecule has 1 aliphatic heterocycles. The first kappa shape index (κ1) is 18.3. The van der Waals surface area contributed by atoms with Crippen molar-refractivity contribution in [2.24, 2.45) is 0 Å². The fourth-order valence-corrected chi connectivity index (χ4v) is 3.30. The second-order valence-corrected chi connectivity index (χ2v) is 6.71. The summed E-state index contributed by atoms with van der Waals surface area (Å²) < 4.78 is 5.60. The molecular formula is C19H28N6O. The van der Waals surface area contributed by atoms with E-state index in [1.807, 2.05) is 19.2 Å². The Hall–Kier alpha value is -2.54. The number of benzene rings is 1. The quantitative estimate of drug-likeness (QED) is 0.825. The van der Waals surface area contributed by atoms with Crippen LogP contribution in [0.3, 0.4) is 0 Å². The number of piperidine rings is 1. The molecule has 1 saturated heterocycles. The summed E-state index contributed by atoms with van der Waals surface area (Å²) in [7, 11) is 7.85. The van der Waals surface area contributed by atoms with E-state index >= 15 is 0 Å². The van der Waals surface area contributed by atoms with Crippen LogP contribution in [0.2, 0.25) is 0 Å². The summed E-state index contributed by atoms with van der Waals surface area (Å²) in [6.45, 7) is 2.12. The first-order valence-electron chi connectivity index (χ1n) is 8.98. The van der Waals surface area contributed by atoms with Gasteiger partial charge in [0.2, 0.25) is 5.95 Å². The second kappa shape index (κ2) is 8.23. The Morgan fingerprint density at radius 2 is 1.96 bits per heavy atom. The monoisotopic (exact) mass is 356 g/mol. The summed E-state index contributed by atoms with van der Waals surface area (Å²) in [6, 6.07) is 8.73. The van der Waals surface area contributed by atoms with Gasteiger partial charge in [-0.05, 0) is 45.1 Å². The molecule has 0 atom stereocenters. The van der Waals surface area contributed by atoms with Crippen molar-refractivity contribution >= 4 is 23.1 Å². The van der Waals surface area contributed by atoms with Crippen molar-refractivity contribution in [2.75, 3.05) is 56.9 Å². The maximum absolute atomic E-state index is 5.60. The van der Waals surface area contributed by atoms with Crippen LogP contribution in [0.1, 0.15) is 12.8 Å². The van der Waals surface area contributed by atoms with Crippen molar-refractivity contribution in [2.45, 2.75) is 18.9 Å². The lowest BCUT2D eigenvalue weighted by Gasteiger charge is -2.36. The van der Waals surface area contributed by atoms with Crippen molar-refractivity contribution in [1.82, 2.24) is 14.9 Å². The minimum Gasteiger partial charge on any atom is -0.494 e. The molecule has 1 aliphatic rings. The third-order valence-corrected chi connectivity index (χ3v) is 4.90. The van der Waals surface area contributed by atoms with Crippen LogP contribution in [-0.2, 0) is 0 Å². The van der Waals surface area contributed by atoms with Gasteiger partial charge in [0.25, 0.3) is 0 Å². The normalized spacial score (nSPS) is 15.2. The molecular weight excluding hydrogens is 328 g/mol. The molecule has 2 N–H and O–H groups in total. The number of rotatable bonds is 6. The molecule has 2 aromatic rings. The molecule has 7 heteroatoms. The van der Waals surface area contributed by atoms with Gasteiger partial charge in [-0.3, -0.25) is 0 Å². The Morgan fingerprint density at radius 1 is 1.19 bits per heavy atom. The van der Waals surface area contributed by atoms with Gasteiger partial charge in [0.1, 0.15) is 11.6 Å². The molecule has 0 radical (unpaired) electrons. The van der Waals surface area contributed by atoms with Gasteiger partial charge in [-0.25, -0.2) is 4.98 Å². The van der Waals surface area contributed by atoms with Crippen molar-refractivity contribution in [3.8, 4) is 5.75 Å². The molecule has 0 bridgehead atoms. The van der Waals surface area contributed by atoms with Crippen LogP contribution in [-0.4, -0.2) is 62.3 Å². The molecule has 1 aromatic carbocycles. The molecule has 140 valence electrons. The Balaban J connectivity index is 1.73. The summed E-state index contributed by atoms with van der Waals surface area (Å²) in [5, 5.41) is 6.25. The summed E-state index contributed by atoms with van der Waals surface area (Å²) >= 11 is 0. The summed E-state index contributed by atoms with van der Waals surface area (Å²) in [5.74, 6) is 2.09. The van der Waals surface area contributed by atoms with E-state index in [-0.39, 0.29) is 0 Å². The molecule has 2 heterocycles. The minimum atomic E-state index is 0.537. The molecule has 0 saturated carbocycles. The highest BCUT2D eigenvalue weighted by Gasteiger charge is 2.21. The number of methoxy groups -OCH3 is 1. The van der Waals surface area contributed by atoms with Crippen LogP contribution in [0, 0.1) is 0 Å². The molecule has 1 fully saturated rings. The van der Waals surface area contributed by atoms with Gasteiger partial charge in [-0.15, -0.1) is 0 Å². The van der Waals surface area contributed by atoms with Gasteiger partial charge >= 0.3 is 0 Å². The number of aromatic nitrogens is 2. The largest absolute Gasteiger partial charge is 0.494 e. The van der Waals surface area contributed by atoms with E-state index in [1.165, 1.54) is 18.5 Å². The predicted molar refractivity (Wildman–Crippen MR) is 107 cm³/mol. The van der Waals surface area contributed by atoms with Gasteiger partial charge < -0.3 is 25.2 Å². The van der Waals surface area contributed by atoms with E-state index < -0.39 is 0 Å². The molecule has 0 unspecified atom stereocenters. The lowest BCUT2D eigenvalue weighted by molar-refractivity contribution is 0.249. The van der Waals surface area contributed by atoms with Crippen LogP contribution in [0.15, 0.2) is 30.5 Å². The van der Waals surface area contributed by atoms with Gasteiger partial charge in [0, 0.05) is 44.1 Å². The van der Waals surface area contributed by atoms with Gasteiger partial charge in [0.05, 0.1) is 12.8 Å². The van der Waals surface area contributed by atoms with Crippen LogP contribution in [0.5, 0.6) is 5.75 Å². The highest BCUT2D eigenvalue weighted by atomic mass is 16.5. The zero-order valence-corrected chi connectivity index (χ0v) is 16.0. The van der Waals surface area contributed by atoms with Crippen LogP contribution < -0.4 is 20.3 Å². The Morgan fingerprint density at radius 3 is 2.62 bits per heavy atom. The zero-order chi connectivity index (χ0) is 18.5. The second-order valence-electron chi connectivity index (χ2n) is 6.71. The third kappa shape index (κ3) is 4.16. The summed E-state index contributed by atoms with van der Waals surface area (Å²) in [4.78, 5) is 13.4. The molecule has 1 aromatic heterocycles. The molecule has 0 amide bonds. The van der Waals surface area contributed by atoms with E-state index in [9.17, 15) is 0 Å². The highest BCUT2D eigenvalue weighted by Crippen LogP contribution is 2.32. The van der Waals surface area contributed by atoms with Crippen LogP contribution in [0.4, 0.5) is 23.1 Å². The van der Waals surface area contributed by atoms with E-state index in [0.29, 0.717) is 12.0 Å². The lowest BCUT2D eigenvalue weighted by atomic mass is 10.0. The average Bonchev–Trinajstić information content (AvgIpc) is 2.68. The third-order valence-electron chi connectivity index (χ3n) is 4.90. The van der Waals surface area contributed by atoms with Gasteiger partial charge in [-0.1, -0.05) is 0 Å². The number of anilines is 4. The first-order valence-corrected chi connectivity index (χ1v) is 8.98. The van der Waals surface area contributed by atoms with Crippen molar-refractivity contribution in [3.05, 3.63) is 30.5 Å². The minimum absolute atomic E-state index is 0.537. The standard InChI is InChI=1S/C19H28N6O/c1-20-18-7-10-21-19(23-18)22-16-6-5-15(13-17(16)26-4)25-11-8-14(9-12-25)24(2)3/h5-7,10,13-14H,8-9,11-12H2,1-4H3,(H2,20,21,22,23). The number of nitrogens with zero attached hydrogens (tertiary/aromatic N) is 4. The topological polar surface area (TPSA) is 65.6 Å². The Bertz CT molecular complexity index is 728. The maximum atomic E-state index is 5.60. The number of hydrogen-bond donors (Lipinski definition) is 2. The van der Waals surface area contributed by atoms with Crippen LogP contribution >= 0.6 is 0 Å². The van der Waals surface area contributed by atoms with Gasteiger partial charge in [-0.2, -0.15) is 4.98 Å². The molecule has 26 heavy (non-hydrogen) atoms. The van der Waals surface area contributed by atoms with E-state index in [1.54, 1.807) is 13.3 Å². The van der Waals surface area contributed by atoms with Crippen molar-refractivity contribution < 1.29 is 4.74 Å². The fraction of sp³-hybridized carbons (Fsp3) is 0.474. The lowest BCUT2D eigenvalue weighted by Crippen LogP contribution is -2.41. The van der Waals surface area contributed by atoms with E-state index in [4.69, 9.17) is 4.74 Å². The predicted octanol–water partition coefficient (Wildman–Crippen LogP) is 2.80. The molecule has 0 aliphatic carbocycles. The fourth-order valence-electron chi connectivity index (χ4n) is 3.30. The SMILES string of the molecule is CNc1ccnc(Nc2ccc(N3CCC(N(C)C)CC3)cc2OC)n1. The first-order chi connectivity index (χ1) is 12.6.